The largest absolute Gasteiger partial charge is 0.398 e. The fraction of sp³-hybridized carbons (Fsp3) is 0. The fourth-order valence-corrected chi connectivity index (χ4v) is 1.07. The molecule has 0 heterocycles. The smallest absolute Gasteiger partial charge is 0.254 e. The van der Waals surface area contributed by atoms with Gasteiger partial charge in [-0.25, -0.2) is 0 Å². The highest BCUT2D eigenvalue weighted by atomic mass is 35.5. The molecular formula is C7H5Cl2NO. The van der Waals surface area contributed by atoms with Crippen LogP contribution in [0.3, 0.4) is 0 Å². The molecule has 4 heteroatoms. The number of nitrogens with two attached hydrogens (primary N) is 1. The number of rotatable bonds is 1. The van der Waals surface area contributed by atoms with Gasteiger partial charge in [-0.2, -0.15) is 0 Å². The van der Waals surface area contributed by atoms with Gasteiger partial charge in [-0.3, -0.25) is 4.79 Å². The summed E-state index contributed by atoms with van der Waals surface area (Å²) in [6.45, 7) is 0. The Hall–Kier alpha value is -0.730. The molecular weight excluding hydrogens is 185 g/mol. The Labute approximate surface area is 73.9 Å². The topological polar surface area (TPSA) is 43.1 Å². The lowest BCUT2D eigenvalue weighted by atomic mass is 10.2. The Balaban J connectivity index is 3.20. The number of benzene rings is 1. The summed E-state index contributed by atoms with van der Waals surface area (Å²) in [6.07, 6.45) is 0. The van der Waals surface area contributed by atoms with Crippen molar-refractivity contribution in [2.45, 2.75) is 0 Å². The highest BCUT2D eigenvalue weighted by Crippen LogP contribution is 2.19. The Morgan fingerprint density at radius 1 is 1.45 bits per heavy atom. The molecule has 0 aromatic heterocycles. The summed E-state index contributed by atoms with van der Waals surface area (Å²) in [6, 6.07) is 4.54. The third kappa shape index (κ3) is 1.85. The minimum Gasteiger partial charge on any atom is -0.398 e. The molecule has 1 aromatic carbocycles. The van der Waals surface area contributed by atoms with Crippen molar-refractivity contribution in [2.24, 2.45) is 0 Å². The van der Waals surface area contributed by atoms with Gasteiger partial charge in [0.2, 0.25) is 0 Å². The molecule has 2 nitrogen and oxygen atoms in total. The molecule has 0 saturated heterocycles. The molecule has 11 heavy (non-hydrogen) atoms. The van der Waals surface area contributed by atoms with Gasteiger partial charge in [-0.15, -0.1) is 0 Å². The lowest BCUT2D eigenvalue weighted by Crippen LogP contribution is -1.96. The first kappa shape index (κ1) is 8.37. The molecule has 0 unspecified atom stereocenters. The van der Waals surface area contributed by atoms with Gasteiger partial charge in [-0.05, 0) is 29.8 Å². The highest BCUT2D eigenvalue weighted by Gasteiger charge is 2.05. The second-order valence-corrected chi connectivity index (χ2v) is 2.78. The van der Waals surface area contributed by atoms with Crippen LogP contribution in [0.15, 0.2) is 18.2 Å². The molecule has 0 aliphatic rings. The van der Waals surface area contributed by atoms with Crippen molar-refractivity contribution in [2.75, 3.05) is 5.73 Å². The SMILES string of the molecule is Nc1cc(Cl)ccc1C(=O)Cl. The van der Waals surface area contributed by atoms with E-state index < -0.39 is 5.24 Å². The van der Waals surface area contributed by atoms with Crippen molar-refractivity contribution in [3.63, 3.8) is 0 Å². The molecule has 0 aliphatic heterocycles. The maximum atomic E-state index is 10.6. The van der Waals surface area contributed by atoms with Gasteiger partial charge in [0, 0.05) is 10.7 Å². The van der Waals surface area contributed by atoms with Crippen molar-refractivity contribution in [1.82, 2.24) is 0 Å². The first-order valence-electron chi connectivity index (χ1n) is 2.86. The summed E-state index contributed by atoms with van der Waals surface area (Å²) in [5, 5.41) is -0.0802. The van der Waals surface area contributed by atoms with Crippen molar-refractivity contribution in [3.05, 3.63) is 28.8 Å². The molecule has 0 aliphatic carbocycles. The number of anilines is 1. The molecule has 0 bridgehead atoms. The van der Waals surface area contributed by atoms with Gasteiger partial charge in [-0.1, -0.05) is 11.6 Å². The van der Waals surface area contributed by atoms with Crippen molar-refractivity contribution in [1.29, 1.82) is 0 Å². The zero-order valence-electron chi connectivity index (χ0n) is 5.47. The van der Waals surface area contributed by atoms with Crippen LogP contribution >= 0.6 is 23.2 Å². The number of carbonyl (C=O) groups is 1. The molecule has 0 spiro atoms. The zero-order chi connectivity index (χ0) is 8.43. The molecule has 2 N–H and O–H groups in total. The first-order valence-corrected chi connectivity index (χ1v) is 3.61. The lowest BCUT2D eigenvalue weighted by Gasteiger charge is -1.98. The maximum Gasteiger partial charge on any atom is 0.254 e. The van der Waals surface area contributed by atoms with Crippen LogP contribution in [0.2, 0.25) is 5.02 Å². The van der Waals surface area contributed by atoms with Gasteiger partial charge in [0.05, 0.1) is 5.56 Å². The third-order valence-corrected chi connectivity index (χ3v) is 1.66. The van der Waals surface area contributed by atoms with Gasteiger partial charge in [0.1, 0.15) is 0 Å². The van der Waals surface area contributed by atoms with E-state index in [0.717, 1.165) is 0 Å². The summed E-state index contributed by atoms with van der Waals surface area (Å²) in [7, 11) is 0. The van der Waals surface area contributed by atoms with Crippen LogP contribution in [-0.2, 0) is 0 Å². The summed E-state index contributed by atoms with van der Waals surface area (Å²) in [5.74, 6) is 0. The molecule has 1 rings (SSSR count). The number of carbonyl (C=O) groups excluding carboxylic acids is 1. The third-order valence-electron chi connectivity index (χ3n) is 1.23. The molecule has 0 fully saturated rings. The number of hydrogen-bond donors (Lipinski definition) is 1. The summed E-state index contributed by atoms with van der Waals surface area (Å²) < 4.78 is 0. The predicted octanol–water partition coefficient (Wildman–Crippen LogP) is 2.30. The predicted molar refractivity (Wildman–Crippen MR) is 46.0 cm³/mol. The summed E-state index contributed by atoms with van der Waals surface area (Å²) in [5.41, 5.74) is 6.02. The molecule has 0 amide bonds. The molecule has 0 saturated carbocycles. The van der Waals surface area contributed by atoms with Crippen LogP contribution in [0.1, 0.15) is 10.4 Å². The van der Waals surface area contributed by atoms with E-state index in [1.165, 1.54) is 12.1 Å². The van der Waals surface area contributed by atoms with Crippen LogP contribution in [-0.4, -0.2) is 5.24 Å². The van der Waals surface area contributed by atoms with E-state index in [2.05, 4.69) is 0 Å². The minimum atomic E-state index is -0.570. The van der Waals surface area contributed by atoms with E-state index in [1.54, 1.807) is 6.07 Å². The summed E-state index contributed by atoms with van der Waals surface area (Å²) >= 11 is 10.8. The van der Waals surface area contributed by atoms with Crippen LogP contribution in [0.25, 0.3) is 0 Å². The van der Waals surface area contributed by atoms with Crippen molar-refractivity contribution < 1.29 is 4.79 Å². The van der Waals surface area contributed by atoms with E-state index in [1.807, 2.05) is 0 Å². The highest BCUT2D eigenvalue weighted by molar-refractivity contribution is 6.68. The second-order valence-electron chi connectivity index (χ2n) is 2.01. The fourth-order valence-electron chi connectivity index (χ4n) is 0.713. The van der Waals surface area contributed by atoms with E-state index in [0.29, 0.717) is 10.7 Å². The van der Waals surface area contributed by atoms with Gasteiger partial charge < -0.3 is 5.73 Å². The Bertz CT molecular complexity index is 298. The van der Waals surface area contributed by atoms with Gasteiger partial charge in [0.15, 0.2) is 0 Å². The molecule has 1 aromatic rings. The number of nitrogen functional groups attached to an aromatic ring is 1. The van der Waals surface area contributed by atoms with E-state index in [4.69, 9.17) is 28.9 Å². The van der Waals surface area contributed by atoms with Crippen LogP contribution < -0.4 is 5.73 Å². The average Bonchev–Trinajstić information content (AvgIpc) is 1.85. The second kappa shape index (κ2) is 3.11. The monoisotopic (exact) mass is 189 g/mol. The van der Waals surface area contributed by atoms with Gasteiger partial charge in [0.25, 0.3) is 5.24 Å². The molecule has 0 radical (unpaired) electrons. The quantitative estimate of drug-likeness (QED) is 0.545. The maximum absolute atomic E-state index is 10.6. The van der Waals surface area contributed by atoms with Crippen molar-refractivity contribution in [3.8, 4) is 0 Å². The van der Waals surface area contributed by atoms with Crippen molar-refractivity contribution >= 4 is 34.1 Å². The average molecular weight is 190 g/mol. The van der Waals surface area contributed by atoms with Crippen LogP contribution in [0.5, 0.6) is 0 Å². The van der Waals surface area contributed by atoms with E-state index in [9.17, 15) is 4.79 Å². The molecule has 0 atom stereocenters. The van der Waals surface area contributed by atoms with Gasteiger partial charge >= 0.3 is 0 Å². The standard InChI is InChI=1S/C7H5Cl2NO/c8-4-1-2-5(7(9)11)6(10)3-4/h1-3H,10H2. The zero-order valence-corrected chi connectivity index (χ0v) is 6.99. The van der Waals surface area contributed by atoms with E-state index >= 15 is 0 Å². The Morgan fingerprint density at radius 3 is 2.55 bits per heavy atom. The molecule has 58 valence electrons. The van der Waals surface area contributed by atoms with Crippen LogP contribution in [0, 0.1) is 0 Å². The first-order chi connectivity index (χ1) is 5.11. The normalized spacial score (nSPS) is 9.64. The minimum absolute atomic E-state index is 0.288. The van der Waals surface area contributed by atoms with E-state index in [-0.39, 0.29) is 5.56 Å². The summed E-state index contributed by atoms with van der Waals surface area (Å²) in [4.78, 5) is 10.6. The lowest BCUT2D eigenvalue weighted by molar-refractivity contribution is 0.108. The Morgan fingerprint density at radius 2 is 2.09 bits per heavy atom. The Kier molecular flexibility index (Phi) is 2.37. The number of hydrogen-bond acceptors (Lipinski definition) is 2. The van der Waals surface area contributed by atoms with Crippen LogP contribution in [0.4, 0.5) is 5.69 Å². The number of halogens is 2.